The van der Waals surface area contributed by atoms with Crippen LogP contribution in [0.25, 0.3) is 22.2 Å². The van der Waals surface area contributed by atoms with E-state index in [0.29, 0.717) is 50.4 Å². The number of carbonyl (C=O) groups is 2. The number of ether oxygens (including phenoxy) is 1. The number of hydrogen-bond donors (Lipinski definition) is 3. The van der Waals surface area contributed by atoms with Gasteiger partial charge in [-0.15, -0.1) is 0 Å². The summed E-state index contributed by atoms with van der Waals surface area (Å²) in [5.74, 6) is -0.764. The van der Waals surface area contributed by atoms with E-state index in [0.717, 1.165) is 95.8 Å². The molecule has 2 fully saturated rings. The Morgan fingerprint density at radius 2 is 1.70 bits per heavy atom. The highest BCUT2D eigenvalue weighted by molar-refractivity contribution is 5.99. The molecule has 2 aliphatic rings. The molecule has 0 saturated carbocycles. The summed E-state index contributed by atoms with van der Waals surface area (Å²) >= 11 is 0. The fraction of sp³-hybridized carbons (Fsp3) is 0.395. The average Bonchev–Trinajstić information content (AvgIpc) is 3.61. The molecule has 0 atom stereocenters. The number of rotatable bonds is 13. The van der Waals surface area contributed by atoms with E-state index in [1.165, 1.54) is 5.56 Å². The van der Waals surface area contributed by atoms with E-state index in [9.17, 15) is 9.59 Å². The zero-order valence-electron chi connectivity index (χ0n) is 31.7. The minimum Gasteiger partial charge on any atom is -0.381 e. The maximum absolute atomic E-state index is 14.7. The summed E-state index contributed by atoms with van der Waals surface area (Å²) in [5, 5.41) is 12.9. The molecule has 4 N–H and O–H groups in total. The molecule has 282 valence electrons. The number of piperazine rings is 1. The molecule has 54 heavy (non-hydrogen) atoms. The first-order valence-electron chi connectivity index (χ1n) is 19.3. The fourth-order valence-corrected chi connectivity index (χ4v) is 7.78. The molecular formula is C43H52N8O3. The zero-order chi connectivity index (χ0) is 37.6. The van der Waals surface area contributed by atoms with Gasteiger partial charge < -0.3 is 26.0 Å². The minimum absolute atomic E-state index is 0.192. The maximum Gasteiger partial charge on any atom is 0.254 e. The summed E-state index contributed by atoms with van der Waals surface area (Å²) in [6, 6.07) is 22.3. The summed E-state index contributed by atoms with van der Waals surface area (Å²) < 4.78 is 7.62. The third kappa shape index (κ3) is 8.49. The first kappa shape index (κ1) is 37.2. The lowest BCUT2D eigenvalue weighted by atomic mass is 9.97. The van der Waals surface area contributed by atoms with Crippen molar-refractivity contribution in [1.29, 1.82) is 0 Å². The van der Waals surface area contributed by atoms with Gasteiger partial charge in [-0.05, 0) is 85.7 Å². The standard InChI is InChI=1S/C43H52N8O3/c1-4-39-38(40(47-36-12-18-54-19-13-36)37-25-46-51(5-2)42(37)48-39)28-50(43(53)34-11-7-10-33(24-34)41(44)52)27-31-20-29(3)21-35(23-31)32-9-6-8-30(22-32)26-49-16-14-45-15-17-49/h6-11,20-25,36,45H,4-5,12-19,26-28H2,1-3H3,(H2,44,52)(H,47,48). The number of hydrogen-bond acceptors (Lipinski definition) is 8. The molecular weight excluding hydrogens is 677 g/mol. The average molecular weight is 729 g/mol. The molecule has 2 aromatic heterocycles. The van der Waals surface area contributed by atoms with Gasteiger partial charge in [0.2, 0.25) is 5.91 Å². The van der Waals surface area contributed by atoms with Crippen LogP contribution in [0.1, 0.15) is 75.4 Å². The molecule has 4 heterocycles. The smallest absolute Gasteiger partial charge is 0.254 e. The normalized spacial score (nSPS) is 15.4. The van der Waals surface area contributed by atoms with Crippen LogP contribution >= 0.6 is 0 Å². The van der Waals surface area contributed by atoms with Crippen molar-refractivity contribution < 1.29 is 14.3 Å². The van der Waals surface area contributed by atoms with Crippen LogP contribution in [0.2, 0.25) is 0 Å². The second kappa shape index (κ2) is 16.9. The number of amides is 2. The number of aromatic nitrogens is 3. The number of anilines is 1. The largest absolute Gasteiger partial charge is 0.381 e. The van der Waals surface area contributed by atoms with Crippen LogP contribution in [0, 0.1) is 6.92 Å². The Kier molecular flexibility index (Phi) is 11.7. The van der Waals surface area contributed by atoms with Gasteiger partial charge in [0.15, 0.2) is 5.65 Å². The Bertz CT molecular complexity index is 2120. The molecule has 2 amide bonds. The number of pyridine rings is 1. The Labute approximate surface area is 317 Å². The Morgan fingerprint density at radius 1 is 0.944 bits per heavy atom. The van der Waals surface area contributed by atoms with Crippen LogP contribution in [0.3, 0.4) is 0 Å². The van der Waals surface area contributed by atoms with Crippen molar-refractivity contribution in [3.63, 3.8) is 0 Å². The first-order valence-corrected chi connectivity index (χ1v) is 19.3. The molecule has 11 heteroatoms. The third-order valence-electron chi connectivity index (χ3n) is 10.6. The molecule has 7 rings (SSSR count). The van der Waals surface area contributed by atoms with Crippen LogP contribution in [0.4, 0.5) is 5.69 Å². The van der Waals surface area contributed by atoms with Crippen molar-refractivity contribution in [3.8, 4) is 11.1 Å². The quantitative estimate of drug-likeness (QED) is 0.136. The van der Waals surface area contributed by atoms with Gasteiger partial charge in [0.05, 0.1) is 23.8 Å². The van der Waals surface area contributed by atoms with Crippen molar-refractivity contribution in [3.05, 3.63) is 112 Å². The molecule has 2 aliphatic heterocycles. The number of primary amides is 1. The molecule has 0 spiro atoms. The molecule has 2 saturated heterocycles. The van der Waals surface area contributed by atoms with Crippen molar-refractivity contribution in [2.75, 3.05) is 44.7 Å². The second-order valence-electron chi connectivity index (χ2n) is 14.5. The lowest BCUT2D eigenvalue weighted by molar-refractivity contribution is 0.0729. The fourth-order valence-electron chi connectivity index (χ4n) is 7.78. The van der Waals surface area contributed by atoms with E-state index in [4.69, 9.17) is 15.5 Å². The zero-order valence-corrected chi connectivity index (χ0v) is 31.7. The Morgan fingerprint density at radius 3 is 2.46 bits per heavy atom. The van der Waals surface area contributed by atoms with Gasteiger partial charge in [-0.2, -0.15) is 5.10 Å². The molecule has 0 bridgehead atoms. The summed E-state index contributed by atoms with van der Waals surface area (Å²) in [6.07, 6.45) is 4.35. The van der Waals surface area contributed by atoms with Crippen LogP contribution in [0.15, 0.2) is 72.9 Å². The first-order chi connectivity index (χ1) is 26.3. The predicted molar refractivity (Wildman–Crippen MR) is 213 cm³/mol. The molecule has 5 aromatic rings. The maximum atomic E-state index is 14.7. The number of benzene rings is 3. The highest BCUT2D eigenvalue weighted by Crippen LogP contribution is 2.33. The van der Waals surface area contributed by atoms with Gasteiger partial charge in [-0.1, -0.05) is 48.9 Å². The number of aryl methyl sites for hydroxylation is 3. The van der Waals surface area contributed by atoms with Gasteiger partial charge in [0.1, 0.15) is 0 Å². The molecule has 0 unspecified atom stereocenters. The van der Waals surface area contributed by atoms with E-state index in [-0.39, 0.29) is 11.9 Å². The summed E-state index contributed by atoms with van der Waals surface area (Å²) in [5.41, 5.74) is 15.7. The van der Waals surface area contributed by atoms with Crippen LogP contribution < -0.4 is 16.4 Å². The third-order valence-corrected chi connectivity index (χ3v) is 10.6. The van der Waals surface area contributed by atoms with Crippen LogP contribution in [0.5, 0.6) is 0 Å². The van der Waals surface area contributed by atoms with Gasteiger partial charge >= 0.3 is 0 Å². The lowest BCUT2D eigenvalue weighted by Crippen LogP contribution is -2.42. The van der Waals surface area contributed by atoms with E-state index in [1.54, 1.807) is 24.3 Å². The molecule has 0 radical (unpaired) electrons. The van der Waals surface area contributed by atoms with Gasteiger partial charge in [-0.3, -0.25) is 14.5 Å². The predicted octanol–water partition coefficient (Wildman–Crippen LogP) is 5.93. The van der Waals surface area contributed by atoms with Gasteiger partial charge in [0.25, 0.3) is 5.91 Å². The van der Waals surface area contributed by atoms with Crippen LogP contribution in [-0.2, 0) is 37.3 Å². The Balaban J connectivity index is 1.28. The highest BCUT2D eigenvalue weighted by atomic mass is 16.5. The SMILES string of the molecule is CCc1nc2c(cnn2CC)c(NC2CCOCC2)c1CN(Cc1cc(C)cc(-c2cccc(CN3CCNCC3)c2)c1)C(=O)c1cccc(C(N)=O)c1. The van der Waals surface area contributed by atoms with E-state index < -0.39 is 5.91 Å². The summed E-state index contributed by atoms with van der Waals surface area (Å²) in [6.45, 7) is 14.1. The summed E-state index contributed by atoms with van der Waals surface area (Å²) in [4.78, 5) is 36.4. The Hall–Kier alpha value is -5.10. The van der Waals surface area contributed by atoms with Crippen molar-refractivity contribution in [2.24, 2.45) is 5.73 Å². The number of nitrogens with zero attached hydrogens (tertiary/aromatic N) is 5. The number of fused-ring (bicyclic) bond motifs is 1. The van der Waals surface area contributed by atoms with Crippen molar-refractivity contribution in [2.45, 2.75) is 72.3 Å². The monoisotopic (exact) mass is 728 g/mol. The number of carbonyl (C=O) groups excluding carboxylic acids is 2. The van der Waals surface area contributed by atoms with E-state index in [1.807, 2.05) is 15.8 Å². The van der Waals surface area contributed by atoms with Crippen LogP contribution in [-0.4, -0.2) is 81.8 Å². The van der Waals surface area contributed by atoms with Crippen molar-refractivity contribution >= 4 is 28.5 Å². The number of nitrogens with two attached hydrogens (primary N) is 1. The molecule has 0 aliphatic carbocycles. The van der Waals surface area contributed by atoms with Gasteiger partial charge in [-0.25, -0.2) is 9.67 Å². The number of nitrogens with one attached hydrogen (secondary N) is 2. The minimum atomic E-state index is -0.572. The van der Waals surface area contributed by atoms with E-state index >= 15 is 0 Å². The van der Waals surface area contributed by atoms with Crippen molar-refractivity contribution in [1.82, 2.24) is 29.9 Å². The second-order valence-corrected chi connectivity index (χ2v) is 14.5. The lowest BCUT2D eigenvalue weighted by Gasteiger charge is -2.29. The highest BCUT2D eigenvalue weighted by Gasteiger charge is 2.26. The van der Waals surface area contributed by atoms with E-state index in [2.05, 4.69) is 83.9 Å². The van der Waals surface area contributed by atoms with Gasteiger partial charge in [0, 0.05) is 87.5 Å². The molecule has 3 aromatic carbocycles. The topological polar surface area (TPSA) is 131 Å². The summed E-state index contributed by atoms with van der Waals surface area (Å²) in [7, 11) is 0. The molecule has 11 nitrogen and oxygen atoms in total.